The third-order valence-electron chi connectivity index (χ3n) is 4.17. The molecule has 0 heterocycles. The van der Waals surface area contributed by atoms with E-state index in [1.807, 2.05) is 19.9 Å². The number of anilines is 1. The molecule has 2 unspecified atom stereocenters. The number of hydrogen-bond acceptors (Lipinski definition) is 3. The molecule has 1 aliphatic carbocycles. The minimum Gasteiger partial charge on any atom is -0.490 e. The summed E-state index contributed by atoms with van der Waals surface area (Å²) in [5, 5.41) is 3.67. The first-order chi connectivity index (χ1) is 10.2. The zero-order valence-corrected chi connectivity index (χ0v) is 13.7. The summed E-state index contributed by atoms with van der Waals surface area (Å²) in [6, 6.07) is 6.77. The molecule has 3 nitrogen and oxygen atoms in total. The van der Waals surface area contributed by atoms with Crippen LogP contribution in [0.4, 0.5) is 5.69 Å². The summed E-state index contributed by atoms with van der Waals surface area (Å²) in [4.78, 5) is 0. The molecule has 1 N–H and O–H groups in total. The van der Waals surface area contributed by atoms with Crippen LogP contribution in [0.1, 0.15) is 52.9 Å². The molecule has 2 atom stereocenters. The third kappa shape index (κ3) is 4.83. The highest BCUT2D eigenvalue weighted by Crippen LogP contribution is 2.32. The van der Waals surface area contributed by atoms with Crippen molar-refractivity contribution in [2.45, 2.75) is 58.9 Å². The summed E-state index contributed by atoms with van der Waals surface area (Å²) in [6.07, 6.45) is 6.55. The van der Waals surface area contributed by atoms with Crippen LogP contribution in [0.3, 0.4) is 0 Å². The van der Waals surface area contributed by atoms with E-state index < -0.39 is 0 Å². The molecule has 2 rings (SSSR count). The first-order valence-electron chi connectivity index (χ1n) is 8.39. The number of nitrogens with one attached hydrogen (secondary N) is 1. The van der Waals surface area contributed by atoms with Gasteiger partial charge in [0.15, 0.2) is 11.5 Å². The van der Waals surface area contributed by atoms with E-state index >= 15 is 0 Å². The molecule has 1 fully saturated rings. The van der Waals surface area contributed by atoms with Crippen LogP contribution in [0.5, 0.6) is 11.5 Å². The zero-order chi connectivity index (χ0) is 15.1. The first kappa shape index (κ1) is 16.0. The molecule has 0 amide bonds. The standard InChI is InChI=1S/C18H29NO2/c1-4-20-17-12-11-16(13-18(17)21-5-2)19-15-8-6-7-14(3)9-10-15/h11-15,19H,4-10H2,1-3H3. The molecule has 1 aromatic carbocycles. The Morgan fingerprint density at radius 3 is 2.52 bits per heavy atom. The van der Waals surface area contributed by atoms with Gasteiger partial charge in [0.25, 0.3) is 0 Å². The van der Waals surface area contributed by atoms with Crippen molar-refractivity contribution in [2.24, 2.45) is 5.92 Å². The molecule has 0 spiro atoms. The second-order valence-electron chi connectivity index (χ2n) is 5.98. The van der Waals surface area contributed by atoms with Gasteiger partial charge in [0.05, 0.1) is 13.2 Å². The van der Waals surface area contributed by atoms with Gasteiger partial charge in [-0.3, -0.25) is 0 Å². The molecule has 3 heteroatoms. The number of hydrogen-bond donors (Lipinski definition) is 1. The first-order valence-corrected chi connectivity index (χ1v) is 8.39. The van der Waals surface area contributed by atoms with Gasteiger partial charge in [-0.15, -0.1) is 0 Å². The van der Waals surface area contributed by atoms with Gasteiger partial charge in [0.2, 0.25) is 0 Å². The van der Waals surface area contributed by atoms with Crippen LogP contribution >= 0.6 is 0 Å². The van der Waals surface area contributed by atoms with Crippen LogP contribution in [0, 0.1) is 5.92 Å². The van der Waals surface area contributed by atoms with Crippen LogP contribution < -0.4 is 14.8 Å². The van der Waals surface area contributed by atoms with Gasteiger partial charge in [0, 0.05) is 17.8 Å². The average Bonchev–Trinajstić information content (AvgIpc) is 2.67. The molecule has 0 saturated heterocycles. The van der Waals surface area contributed by atoms with Crippen LogP contribution in [0.2, 0.25) is 0 Å². The van der Waals surface area contributed by atoms with Crippen molar-refractivity contribution in [1.29, 1.82) is 0 Å². The minimum absolute atomic E-state index is 0.586. The highest BCUT2D eigenvalue weighted by Gasteiger charge is 2.16. The Bertz CT molecular complexity index is 433. The quantitative estimate of drug-likeness (QED) is 0.759. The topological polar surface area (TPSA) is 30.5 Å². The fourth-order valence-electron chi connectivity index (χ4n) is 3.01. The molecule has 1 aromatic rings. The van der Waals surface area contributed by atoms with Crippen molar-refractivity contribution in [3.63, 3.8) is 0 Å². The van der Waals surface area contributed by atoms with Crippen molar-refractivity contribution in [3.8, 4) is 11.5 Å². The van der Waals surface area contributed by atoms with Gasteiger partial charge in [-0.25, -0.2) is 0 Å². The van der Waals surface area contributed by atoms with Gasteiger partial charge >= 0.3 is 0 Å². The van der Waals surface area contributed by atoms with Crippen LogP contribution in [0.25, 0.3) is 0 Å². The normalized spacial score (nSPS) is 22.4. The van der Waals surface area contributed by atoms with Gasteiger partial charge in [-0.2, -0.15) is 0 Å². The second kappa shape index (κ2) is 8.16. The molecule has 21 heavy (non-hydrogen) atoms. The third-order valence-corrected chi connectivity index (χ3v) is 4.17. The van der Waals surface area contributed by atoms with E-state index in [1.54, 1.807) is 0 Å². The van der Waals surface area contributed by atoms with Crippen molar-refractivity contribution in [2.75, 3.05) is 18.5 Å². The molecule has 118 valence electrons. The van der Waals surface area contributed by atoms with Crippen molar-refractivity contribution in [1.82, 2.24) is 0 Å². The Hall–Kier alpha value is -1.38. The molecular formula is C18H29NO2. The number of rotatable bonds is 6. The maximum absolute atomic E-state index is 5.70. The van der Waals surface area contributed by atoms with Crippen molar-refractivity contribution in [3.05, 3.63) is 18.2 Å². The number of ether oxygens (including phenoxy) is 2. The van der Waals surface area contributed by atoms with Crippen molar-refractivity contribution >= 4 is 5.69 Å². The zero-order valence-electron chi connectivity index (χ0n) is 13.7. The predicted octanol–water partition coefficient (Wildman–Crippen LogP) is 4.86. The van der Waals surface area contributed by atoms with Gasteiger partial charge < -0.3 is 14.8 Å². The highest BCUT2D eigenvalue weighted by atomic mass is 16.5. The molecule has 0 radical (unpaired) electrons. The summed E-state index contributed by atoms with van der Waals surface area (Å²) >= 11 is 0. The lowest BCUT2D eigenvalue weighted by atomic mass is 10.0. The summed E-state index contributed by atoms with van der Waals surface area (Å²) < 4.78 is 11.3. The molecular weight excluding hydrogens is 262 g/mol. The smallest absolute Gasteiger partial charge is 0.163 e. The van der Waals surface area contributed by atoms with Crippen molar-refractivity contribution < 1.29 is 9.47 Å². The van der Waals surface area contributed by atoms with E-state index in [0.717, 1.165) is 23.1 Å². The van der Waals surface area contributed by atoms with E-state index in [-0.39, 0.29) is 0 Å². The fourth-order valence-corrected chi connectivity index (χ4v) is 3.01. The average molecular weight is 291 g/mol. The van der Waals surface area contributed by atoms with E-state index in [9.17, 15) is 0 Å². The van der Waals surface area contributed by atoms with Crippen LogP contribution in [-0.4, -0.2) is 19.3 Å². The Kier molecular flexibility index (Phi) is 6.21. The monoisotopic (exact) mass is 291 g/mol. The highest BCUT2D eigenvalue weighted by molar-refractivity contribution is 5.55. The van der Waals surface area contributed by atoms with Crippen LogP contribution in [0.15, 0.2) is 18.2 Å². The lowest BCUT2D eigenvalue weighted by Crippen LogP contribution is -2.18. The second-order valence-corrected chi connectivity index (χ2v) is 5.98. The van der Waals surface area contributed by atoms with E-state index in [1.165, 1.54) is 32.1 Å². The molecule has 0 bridgehead atoms. The van der Waals surface area contributed by atoms with Gasteiger partial charge in [-0.05, 0) is 51.2 Å². The molecule has 0 aromatic heterocycles. The Morgan fingerprint density at radius 2 is 1.76 bits per heavy atom. The lowest BCUT2D eigenvalue weighted by molar-refractivity contribution is 0.288. The summed E-state index contributed by atoms with van der Waals surface area (Å²) in [5.41, 5.74) is 1.14. The maximum atomic E-state index is 5.70. The molecule has 1 saturated carbocycles. The van der Waals surface area contributed by atoms with E-state index in [0.29, 0.717) is 19.3 Å². The summed E-state index contributed by atoms with van der Waals surface area (Å²) in [7, 11) is 0. The Balaban J connectivity index is 2.03. The SMILES string of the molecule is CCOc1ccc(NC2CCCC(C)CC2)cc1OCC. The summed E-state index contributed by atoms with van der Waals surface area (Å²) in [6.45, 7) is 7.68. The summed E-state index contributed by atoms with van der Waals surface area (Å²) in [5.74, 6) is 2.54. The maximum Gasteiger partial charge on any atom is 0.163 e. The molecule has 1 aliphatic rings. The van der Waals surface area contributed by atoms with Crippen LogP contribution in [-0.2, 0) is 0 Å². The lowest BCUT2D eigenvalue weighted by Gasteiger charge is -2.19. The minimum atomic E-state index is 0.586. The van der Waals surface area contributed by atoms with Gasteiger partial charge in [0.1, 0.15) is 0 Å². The largest absolute Gasteiger partial charge is 0.490 e. The fraction of sp³-hybridized carbons (Fsp3) is 0.667. The van der Waals surface area contributed by atoms with E-state index in [2.05, 4.69) is 24.4 Å². The number of benzene rings is 1. The molecule has 0 aliphatic heterocycles. The Morgan fingerprint density at radius 1 is 1.00 bits per heavy atom. The predicted molar refractivity (Wildman–Crippen MR) is 88.4 cm³/mol. The van der Waals surface area contributed by atoms with E-state index in [4.69, 9.17) is 9.47 Å². The van der Waals surface area contributed by atoms with Gasteiger partial charge in [-0.1, -0.05) is 19.8 Å². The Labute approximate surface area is 129 Å².